The molecule has 3 nitrogen and oxygen atoms in total. The van der Waals surface area contributed by atoms with Gasteiger partial charge >= 0.3 is 6.18 Å². The van der Waals surface area contributed by atoms with Crippen LogP contribution in [0.3, 0.4) is 0 Å². The van der Waals surface area contributed by atoms with Gasteiger partial charge in [0.2, 0.25) is 0 Å². The molecule has 0 fully saturated rings. The van der Waals surface area contributed by atoms with E-state index >= 15 is 13.2 Å². The van der Waals surface area contributed by atoms with Crippen molar-refractivity contribution < 1.29 is 13.2 Å². The van der Waals surface area contributed by atoms with Crippen LogP contribution in [0.2, 0.25) is 0 Å². The van der Waals surface area contributed by atoms with E-state index in [2.05, 4.69) is 108 Å². The van der Waals surface area contributed by atoms with Crippen LogP contribution in [-0.2, 0) is 6.18 Å². The predicted octanol–water partition coefficient (Wildman–Crippen LogP) is 17.1. The number of rotatable bonds is 7. The van der Waals surface area contributed by atoms with E-state index in [9.17, 15) is 5.26 Å². The van der Waals surface area contributed by atoms with Gasteiger partial charge in [0.05, 0.1) is 39.0 Å². The fourth-order valence-electron chi connectivity index (χ4n) is 10.1. The third-order valence-corrected chi connectivity index (χ3v) is 13.2. The second-order valence-corrected chi connectivity index (χ2v) is 17.1. The van der Waals surface area contributed by atoms with Crippen LogP contribution in [0, 0.1) is 11.3 Å². The summed E-state index contributed by atoms with van der Waals surface area (Å²) in [4.78, 5) is 0. The van der Waals surface area contributed by atoms with Crippen molar-refractivity contribution in [1.29, 1.82) is 5.26 Å². The Hall–Kier alpha value is -8.92. The largest absolute Gasteiger partial charge is 0.417 e. The Morgan fingerprint density at radius 3 is 1.06 bits per heavy atom. The van der Waals surface area contributed by atoms with Crippen molar-refractivity contribution >= 4 is 43.6 Å². The normalized spacial score (nSPS) is 11.7. The summed E-state index contributed by atoms with van der Waals surface area (Å²) >= 11 is 0. The lowest BCUT2D eigenvalue weighted by Crippen LogP contribution is -2.10. The van der Waals surface area contributed by atoms with Gasteiger partial charge in [-0.05, 0) is 111 Å². The maximum Gasteiger partial charge on any atom is 0.417 e. The summed E-state index contributed by atoms with van der Waals surface area (Å²) < 4.78 is 49.7. The third kappa shape index (κ3) is 6.75. The maximum absolute atomic E-state index is 15.2. The number of hydrogen-bond acceptors (Lipinski definition) is 1. The smallest absolute Gasteiger partial charge is 0.308 e. The Labute approximate surface area is 390 Å². The van der Waals surface area contributed by atoms with Gasteiger partial charge in [-0.2, -0.15) is 18.4 Å². The standard InChI is InChI=1S/C62H38F3N3/c63-62(64,65)55-24-14-13-23-48(55)49-29-34-60(67-56-30-25-44(40-15-5-1-6-16-40)35-50(56)51-36-45(26-31-57(51)67)41-17-7-2-8-18-41)54(39-66)61(49)68-58-32-27-46(42-19-9-3-10-20-42)37-52(58)53-38-47(28-33-59(53)68)43-21-11-4-12-22-43/h1-38H. The van der Waals surface area contributed by atoms with E-state index in [1.807, 2.05) is 108 Å². The van der Waals surface area contributed by atoms with Gasteiger partial charge in [-0.15, -0.1) is 0 Å². The van der Waals surface area contributed by atoms with Gasteiger partial charge < -0.3 is 9.13 Å². The van der Waals surface area contributed by atoms with Crippen molar-refractivity contribution in [3.63, 3.8) is 0 Å². The Morgan fingerprint density at radius 1 is 0.338 bits per heavy atom. The van der Waals surface area contributed by atoms with Gasteiger partial charge in [-0.3, -0.25) is 0 Å². The molecular formula is C62H38F3N3. The molecule has 12 aromatic rings. The number of hydrogen-bond donors (Lipinski definition) is 0. The molecule has 2 aromatic heterocycles. The number of alkyl halides is 3. The lowest BCUT2D eigenvalue weighted by Gasteiger charge is -2.22. The molecule has 0 spiro atoms. The molecule has 68 heavy (non-hydrogen) atoms. The van der Waals surface area contributed by atoms with E-state index in [1.165, 1.54) is 12.1 Å². The van der Waals surface area contributed by atoms with Crippen LogP contribution in [0.25, 0.3) is 111 Å². The molecule has 0 saturated carbocycles. The molecule has 10 aromatic carbocycles. The SMILES string of the molecule is N#Cc1c(-n2c3ccc(-c4ccccc4)cc3c3cc(-c4ccccc4)ccc32)ccc(-c2ccccc2C(F)(F)F)c1-n1c2ccc(-c3ccccc3)cc2c2cc(-c3ccccc3)ccc21. The summed E-state index contributed by atoms with van der Waals surface area (Å²) in [7, 11) is 0. The van der Waals surface area contributed by atoms with Gasteiger partial charge in [0, 0.05) is 27.1 Å². The van der Waals surface area contributed by atoms with Crippen molar-refractivity contribution in [2.24, 2.45) is 0 Å². The van der Waals surface area contributed by atoms with Crippen LogP contribution in [-0.4, -0.2) is 9.13 Å². The predicted molar refractivity (Wildman–Crippen MR) is 272 cm³/mol. The molecule has 0 bridgehead atoms. The molecule has 0 N–H and O–H groups in total. The molecule has 322 valence electrons. The fourth-order valence-corrected chi connectivity index (χ4v) is 10.1. The summed E-state index contributed by atoms with van der Waals surface area (Å²) in [6, 6.07) is 77.7. The zero-order chi connectivity index (χ0) is 45.9. The van der Waals surface area contributed by atoms with E-state index in [-0.39, 0.29) is 16.7 Å². The lowest BCUT2D eigenvalue weighted by molar-refractivity contribution is -0.137. The summed E-state index contributed by atoms with van der Waals surface area (Å²) in [5, 5.41) is 15.5. The minimum absolute atomic E-state index is 0.0166. The van der Waals surface area contributed by atoms with Gasteiger partial charge in [0.15, 0.2) is 0 Å². The van der Waals surface area contributed by atoms with Crippen LogP contribution >= 0.6 is 0 Å². The first-order valence-electron chi connectivity index (χ1n) is 22.5. The van der Waals surface area contributed by atoms with Gasteiger partial charge in [-0.25, -0.2) is 0 Å². The fraction of sp³-hybridized carbons (Fsp3) is 0.0161. The first-order chi connectivity index (χ1) is 33.3. The molecule has 6 heteroatoms. The summed E-state index contributed by atoms with van der Waals surface area (Å²) in [5.41, 5.74) is 12.1. The van der Waals surface area contributed by atoms with Crippen molar-refractivity contribution in [3.05, 3.63) is 242 Å². The molecule has 0 saturated heterocycles. The second-order valence-electron chi connectivity index (χ2n) is 17.1. The highest BCUT2D eigenvalue weighted by molar-refractivity contribution is 6.14. The van der Waals surface area contributed by atoms with E-state index in [1.54, 1.807) is 12.1 Å². The number of benzene rings is 10. The van der Waals surface area contributed by atoms with E-state index in [4.69, 9.17) is 0 Å². The van der Waals surface area contributed by atoms with Crippen LogP contribution in [0.1, 0.15) is 11.1 Å². The molecule has 2 heterocycles. The summed E-state index contributed by atoms with van der Waals surface area (Å²) in [5.74, 6) is 0. The second kappa shape index (κ2) is 16.2. The first-order valence-corrected chi connectivity index (χ1v) is 22.5. The van der Waals surface area contributed by atoms with Crippen LogP contribution in [0.5, 0.6) is 0 Å². The number of aromatic nitrogens is 2. The molecule has 0 radical (unpaired) electrons. The van der Waals surface area contributed by atoms with E-state index in [0.29, 0.717) is 11.4 Å². The summed E-state index contributed by atoms with van der Waals surface area (Å²) in [6.45, 7) is 0. The number of nitrogens with zero attached hydrogens (tertiary/aromatic N) is 3. The molecule has 0 aliphatic rings. The highest BCUT2D eigenvalue weighted by Crippen LogP contribution is 2.46. The molecule has 12 rings (SSSR count). The Balaban J connectivity index is 1.20. The van der Waals surface area contributed by atoms with Gasteiger partial charge in [0.1, 0.15) is 11.6 Å². The Kier molecular flexibility index (Phi) is 9.67. The monoisotopic (exact) mass is 881 g/mol. The zero-order valence-corrected chi connectivity index (χ0v) is 36.4. The lowest BCUT2D eigenvalue weighted by atomic mass is 9.94. The van der Waals surface area contributed by atoms with Crippen molar-refractivity contribution in [3.8, 4) is 73.1 Å². The third-order valence-electron chi connectivity index (χ3n) is 13.2. The minimum Gasteiger partial charge on any atom is -0.308 e. The Bertz CT molecular complexity index is 3740. The van der Waals surface area contributed by atoms with Crippen LogP contribution < -0.4 is 0 Å². The highest BCUT2D eigenvalue weighted by Gasteiger charge is 2.35. The quantitative estimate of drug-likeness (QED) is 0.157. The maximum atomic E-state index is 15.2. The molecule has 0 atom stereocenters. The van der Waals surface area contributed by atoms with Crippen molar-refractivity contribution in [2.45, 2.75) is 6.18 Å². The number of halogens is 3. The molecule has 0 aliphatic carbocycles. The average Bonchev–Trinajstić information content (AvgIpc) is 3.90. The first kappa shape index (κ1) is 40.6. The molecule has 0 unspecified atom stereocenters. The average molecular weight is 882 g/mol. The number of fused-ring (bicyclic) bond motifs is 6. The van der Waals surface area contributed by atoms with Crippen LogP contribution in [0.15, 0.2) is 231 Å². The van der Waals surface area contributed by atoms with Crippen molar-refractivity contribution in [2.75, 3.05) is 0 Å². The van der Waals surface area contributed by atoms with Crippen molar-refractivity contribution in [1.82, 2.24) is 9.13 Å². The Morgan fingerprint density at radius 2 is 0.691 bits per heavy atom. The molecule has 0 amide bonds. The topological polar surface area (TPSA) is 33.6 Å². The molecule has 0 aliphatic heterocycles. The van der Waals surface area contributed by atoms with E-state index in [0.717, 1.165) is 94.2 Å². The highest BCUT2D eigenvalue weighted by atomic mass is 19.4. The zero-order valence-electron chi connectivity index (χ0n) is 36.4. The van der Waals surface area contributed by atoms with Gasteiger partial charge in [0.25, 0.3) is 0 Å². The van der Waals surface area contributed by atoms with Crippen LogP contribution in [0.4, 0.5) is 13.2 Å². The van der Waals surface area contributed by atoms with E-state index < -0.39 is 11.7 Å². The van der Waals surface area contributed by atoms with Gasteiger partial charge in [-0.1, -0.05) is 170 Å². The summed E-state index contributed by atoms with van der Waals surface area (Å²) in [6.07, 6.45) is -4.67. The molecular weight excluding hydrogens is 844 g/mol. The minimum atomic E-state index is -4.67. The number of nitriles is 1.